The van der Waals surface area contributed by atoms with Crippen molar-refractivity contribution in [3.63, 3.8) is 0 Å². The first-order valence-corrected chi connectivity index (χ1v) is 12.6. The fourth-order valence-electron chi connectivity index (χ4n) is 11.0. The molecule has 0 amide bonds. The van der Waals surface area contributed by atoms with Crippen molar-refractivity contribution in [3.05, 3.63) is 0 Å². The molecular weight excluding hydrogens is 410 g/mol. The highest BCUT2D eigenvalue weighted by molar-refractivity contribution is 5.35. The lowest BCUT2D eigenvalue weighted by Gasteiger charge is -2.69. The number of ether oxygens (including phenoxy) is 4. The molecule has 2 N–H and O–H groups in total. The van der Waals surface area contributed by atoms with Gasteiger partial charge in [-0.1, -0.05) is 6.92 Å². The van der Waals surface area contributed by atoms with Gasteiger partial charge in [-0.05, 0) is 31.7 Å². The van der Waals surface area contributed by atoms with Crippen LogP contribution < -0.4 is 0 Å². The molecule has 5 saturated carbocycles. The molecule has 6 fully saturated rings. The summed E-state index contributed by atoms with van der Waals surface area (Å²) >= 11 is 0. The third-order valence-electron chi connectivity index (χ3n) is 11.4. The van der Waals surface area contributed by atoms with Gasteiger partial charge in [0, 0.05) is 81.9 Å². The second-order valence-corrected chi connectivity index (χ2v) is 11.8. The van der Waals surface area contributed by atoms with Gasteiger partial charge in [-0.25, -0.2) is 0 Å². The van der Waals surface area contributed by atoms with Crippen molar-refractivity contribution in [3.8, 4) is 0 Å². The van der Waals surface area contributed by atoms with Crippen LogP contribution in [0.3, 0.4) is 0 Å². The van der Waals surface area contributed by atoms with Gasteiger partial charge in [-0.15, -0.1) is 0 Å². The summed E-state index contributed by atoms with van der Waals surface area (Å²) in [4.78, 5) is 2.62. The fourth-order valence-corrected chi connectivity index (χ4v) is 11.0. The van der Waals surface area contributed by atoms with Crippen LogP contribution in [0.15, 0.2) is 0 Å². The van der Waals surface area contributed by atoms with E-state index in [9.17, 15) is 10.2 Å². The SMILES string of the molecule is CCN1C[C@]2(COC)CC[C@H](OC)[C@@]34[C@@H]5C[C@H]6[C@H](O)[C@@H]5[C@](O)(C[C@@H]6OC)[C@@H]([C@H](OC)[C@H]23)[C@H]14. The molecule has 1 aliphatic heterocycles. The summed E-state index contributed by atoms with van der Waals surface area (Å²) in [6.07, 6.45) is 2.89. The zero-order chi connectivity index (χ0) is 22.6. The number of piperidine rings is 1. The van der Waals surface area contributed by atoms with E-state index in [4.69, 9.17) is 18.9 Å². The minimum Gasteiger partial charge on any atom is -0.392 e. The summed E-state index contributed by atoms with van der Waals surface area (Å²) in [5, 5.41) is 24.1. The van der Waals surface area contributed by atoms with Crippen LogP contribution in [0.4, 0.5) is 0 Å². The van der Waals surface area contributed by atoms with E-state index >= 15 is 0 Å². The predicted octanol–water partition coefficient (Wildman–Crippen LogP) is 1.16. The van der Waals surface area contributed by atoms with E-state index in [1.165, 1.54) is 0 Å². The molecule has 7 bridgehead atoms. The summed E-state index contributed by atoms with van der Waals surface area (Å²) in [5.74, 6) is 0.310. The minimum atomic E-state index is -0.999. The number of rotatable bonds is 6. The van der Waals surface area contributed by atoms with Crippen LogP contribution in [-0.4, -0.2) is 99.3 Å². The van der Waals surface area contributed by atoms with Crippen molar-refractivity contribution in [1.82, 2.24) is 4.90 Å². The van der Waals surface area contributed by atoms with Gasteiger partial charge in [0.15, 0.2) is 0 Å². The van der Waals surface area contributed by atoms with Gasteiger partial charge in [0.1, 0.15) is 0 Å². The van der Waals surface area contributed by atoms with Crippen LogP contribution in [-0.2, 0) is 18.9 Å². The molecule has 7 nitrogen and oxygen atoms in total. The lowest BCUT2D eigenvalue weighted by molar-refractivity contribution is -0.276. The van der Waals surface area contributed by atoms with E-state index in [1.54, 1.807) is 7.11 Å². The third-order valence-corrected chi connectivity index (χ3v) is 11.4. The number of fused-ring (bicyclic) bond motifs is 2. The van der Waals surface area contributed by atoms with Crippen molar-refractivity contribution in [2.45, 2.75) is 68.7 Å². The van der Waals surface area contributed by atoms with Crippen molar-refractivity contribution in [2.75, 3.05) is 48.1 Å². The molecule has 5 aliphatic carbocycles. The molecule has 6 aliphatic rings. The van der Waals surface area contributed by atoms with E-state index in [0.29, 0.717) is 13.0 Å². The number of aliphatic hydroxyl groups is 2. The first-order valence-electron chi connectivity index (χ1n) is 12.6. The first kappa shape index (κ1) is 22.2. The van der Waals surface area contributed by atoms with E-state index < -0.39 is 11.7 Å². The lowest BCUT2D eigenvalue weighted by atomic mass is 9.43. The summed E-state index contributed by atoms with van der Waals surface area (Å²) in [6, 6.07) is 0.186. The average Bonchev–Trinajstić information content (AvgIpc) is 3.19. The van der Waals surface area contributed by atoms with Crippen LogP contribution in [0.1, 0.15) is 32.6 Å². The number of likely N-dealkylation sites (tertiary alicyclic amines) is 1. The smallest absolute Gasteiger partial charge is 0.0796 e. The maximum absolute atomic E-state index is 12.6. The molecule has 13 atom stereocenters. The summed E-state index contributed by atoms with van der Waals surface area (Å²) < 4.78 is 24.5. The zero-order valence-electron chi connectivity index (χ0n) is 20.2. The largest absolute Gasteiger partial charge is 0.392 e. The first-order chi connectivity index (χ1) is 15.4. The van der Waals surface area contributed by atoms with Gasteiger partial charge >= 0.3 is 0 Å². The Kier molecular flexibility index (Phi) is 4.94. The maximum atomic E-state index is 12.6. The van der Waals surface area contributed by atoms with Gasteiger partial charge in [-0.2, -0.15) is 0 Å². The van der Waals surface area contributed by atoms with Gasteiger partial charge in [0.25, 0.3) is 0 Å². The van der Waals surface area contributed by atoms with Crippen LogP contribution in [0.2, 0.25) is 0 Å². The molecule has 0 aromatic heterocycles. The van der Waals surface area contributed by atoms with Crippen molar-refractivity contribution < 1.29 is 29.2 Å². The van der Waals surface area contributed by atoms with Crippen molar-refractivity contribution in [1.29, 1.82) is 0 Å². The molecule has 0 radical (unpaired) electrons. The van der Waals surface area contributed by atoms with Crippen LogP contribution in [0, 0.1) is 40.4 Å². The normalized spacial score (nSPS) is 60.1. The van der Waals surface area contributed by atoms with Crippen LogP contribution in [0.5, 0.6) is 0 Å². The third kappa shape index (κ3) is 2.19. The Labute approximate surface area is 191 Å². The molecule has 32 heavy (non-hydrogen) atoms. The van der Waals surface area contributed by atoms with E-state index in [-0.39, 0.29) is 64.8 Å². The number of hydrogen-bond donors (Lipinski definition) is 2. The number of methoxy groups -OCH3 is 4. The Morgan fingerprint density at radius 1 is 1.06 bits per heavy atom. The molecule has 0 aromatic carbocycles. The van der Waals surface area contributed by atoms with Crippen LogP contribution in [0.25, 0.3) is 0 Å². The monoisotopic (exact) mass is 451 g/mol. The van der Waals surface area contributed by atoms with Crippen molar-refractivity contribution >= 4 is 0 Å². The molecule has 0 aromatic rings. The minimum absolute atomic E-state index is 0.0234. The highest BCUT2D eigenvalue weighted by atomic mass is 16.5. The van der Waals surface area contributed by atoms with E-state index in [2.05, 4.69) is 11.8 Å². The second-order valence-electron chi connectivity index (χ2n) is 11.8. The highest BCUT2D eigenvalue weighted by Gasteiger charge is 2.86. The lowest BCUT2D eigenvalue weighted by Crippen LogP contribution is -2.76. The molecule has 0 unspecified atom stereocenters. The maximum Gasteiger partial charge on any atom is 0.0796 e. The molecule has 1 saturated heterocycles. The molecule has 1 heterocycles. The molecule has 182 valence electrons. The van der Waals surface area contributed by atoms with Gasteiger partial charge in [-0.3, -0.25) is 4.90 Å². The van der Waals surface area contributed by atoms with Gasteiger partial charge in [0.2, 0.25) is 0 Å². The van der Waals surface area contributed by atoms with E-state index in [0.717, 1.165) is 32.4 Å². The molecule has 1 spiro atoms. The Balaban J connectivity index is 1.63. The van der Waals surface area contributed by atoms with E-state index in [1.807, 2.05) is 21.3 Å². The van der Waals surface area contributed by atoms with Crippen LogP contribution >= 0.6 is 0 Å². The average molecular weight is 452 g/mol. The summed E-state index contributed by atoms with van der Waals surface area (Å²) in [5.41, 5.74) is -1.18. The van der Waals surface area contributed by atoms with Crippen molar-refractivity contribution in [2.24, 2.45) is 40.4 Å². The standard InChI is InChI=1S/C25H41NO6/c1-6-26-11-23(12-29-2)8-7-16(31-4)25-14-9-13-15(30-3)10-24(28,17(14)19(13)27)18(22(25)26)20(32-5)21(23)25/h13-22,27-28H,6-12H2,1-5H3/t13-,14-,15+,16+,17-,18+,19+,20+,21-,22+,23+,24-,25+/m1/s1. The number of hydrogen-bond acceptors (Lipinski definition) is 7. The second kappa shape index (κ2) is 7.12. The predicted molar refractivity (Wildman–Crippen MR) is 117 cm³/mol. The highest BCUT2D eigenvalue weighted by Crippen LogP contribution is 2.79. The summed E-state index contributed by atoms with van der Waals surface area (Å²) in [7, 11) is 7.23. The Bertz CT molecular complexity index is 767. The van der Waals surface area contributed by atoms with Gasteiger partial charge in [0.05, 0.1) is 36.6 Å². The Hall–Kier alpha value is -0.280. The number of aliphatic hydroxyl groups excluding tert-OH is 1. The quantitative estimate of drug-likeness (QED) is 0.627. The molecule has 6 rings (SSSR count). The zero-order valence-corrected chi connectivity index (χ0v) is 20.2. The summed E-state index contributed by atoms with van der Waals surface area (Å²) in [6.45, 7) is 4.86. The Morgan fingerprint density at radius 3 is 2.47 bits per heavy atom. The topological polar surface area (TPSA) is 80.6 Å². The number of nitrogens with zero attached hydrogens (tertiary/aromatic N) is 1. The molecular formula is C25H41NO6. The fraction of sp³-hybridized carbons (Fsp3) is 1.00. The molecule has 7 heteroatoms. The Morgan fingerprint density at radius 2 is 1.84 bits per heavy atom. The van der Waals surface area contributed by atoms with Gasteiger partial charge < -0.3 is 29.2 Å².